The molecule has 1 fully saturated rings. The van der Waals surface area contributed by atoms with E-state index in [9.17, 15) is 0 Å². The molecule has 0 amide bonds. The molecule has 1 aromatic carbocycles. The first-order chi connectivity index (χ1) is 13.8. The van der Waals surface area contributed by atoms with Crippen molar-refractivity contribution in [1.29, 1.82) is 0 Å². The zero-order valence-corrected chi connectivity index (χ0v) is 16.2. The number of hydrogen-bond acceptors (Lipinski definition) is 6. The summed E-state index contributed by atoms with van der Waals surface area (Å²) in [5, 5.41) is 0. The number of hydrogen-bond donors (Lipinski definition) is 1. The molecular weight excluding hydrogens is 354 g/mol. The Hall–Kier alpha value is -2.86. The molecule has 0 aromatic heterocycles. The lowest BCUT2D eigenvalue weighted by atomic mass is 9.94. The van der Waals surface area contributed by atoms with Crippen molar-refractivity contribution in [3.63, 3.8) is 0 Å². The van der Waals surface area contributed by atoms with Crippen LogP contribution < -0.4 is 15.4 Å². The van der Waals surface area contributed by atoms with Gasteiger partial charge in [-0.3, -0.25) is 4.90 Å². The average Bonchev–Trinajstić information content (AvgIpc) is 2.76. The van der Waals surface area contributed by atoms with Gasteiger partial charge in [-0.1, -0.05) is 18.2 Å². The van der Waals surface area contributed by atoms with Crippen LogP contribution in [0.25, 0.3) is 0 Å². The summed E-state index contributed by atoms with van der Waals surface area (Å²) < 4.78 is 16.7. The van der Waals surface area contributed by atoms with Crippen LogP contribution in [0.1, 0.15) is 12.8 Å². The van der Waals surface area contributed by atoms with Gasteiger partial charge in [0.1, 0.15) is 24.5 Å². The monoisotopic (exact) mass is 381 g/mol. The van der Waals surface area contributed by atoms with E-state index in [1.54, 1.807) is 25.9 Å². The predicted octanol–water partition coefficient (Wildman–Crippen LogP) is 3.40. The van der Waals surface area contributed by atoms with E-state index in [-0.39, 0.29) is 6.04 Å². The van der Waals surface area contributed by atoms with Crippen molar-refractivity contribution in [2.24, 2.45) is 0 Å². The number of anilines is 2. The molecule has 0 bridgehead atoms. The van der Waals surface area contributed by atoms with E-state index >= 15 is 0 Å². The topological polar surface area (TPSA) is 60.2 Å². The molecule has 3 aliphatic rings. The van der Waals surface area contributed by atoms with Crippen LogP contribution in [0.4, 0.5) is 11.4 Å². The van der Waals surface area contributed by atoms with Crippen LogP contribution in [0.5, 0.6) is 5.75 Å². The summed E-state index contributed by atoms with van der Waals surface area (Å²) in [5.41, 5.74) is 9.18. The van der Waals surface area contributed by atoms with Gasteiger partial charge in [-0.05, 0) is 36.6 Å². The van der Waals surface area contributed by atoms with E-state index in [0.29, 0.717) is 0 Å². The summed E-state index contributed by atoms with van der Waals surface area (Å²) in [7, 11) is 1.70. The van der Waals surface area contributed by atoms with Crippen LogP contribution in [0.15, 0.2) is 66.5 Å². The van der Waals surface area contributed by atoms with Crippen LogP contribution >= 0.6 is 0 Å². The van der Waals surface area contributed by atoms with E-state index in [0.717, 1.165) is 61.9 Å². The van der Waals surface area contributed by atoms with Gasteiger partial charge in [0.2, 0.25) is 0 Å². The van der Waals surface area contributed by atoms with Crippen LogP contribution in [0.3, 0.4) is 0 Å². The maximum atomic E-state index is 6.01. The Bertz CT molecular complexity index is 820. The van der Waals surface area contributed by atoms with E-state index in [4.69, 9.17) is 19.9 Å². The maximum Gasteiger partial charge on any atom is 0.160 e. The number of nitrogens with two attached hydrogens (primary N) is 1. The van der Waals surface area contributed by atoms with Gasteiger partial charge in [0, 0.05) is 31.9 Å². The van der Waals surface area contributed by atoms with Crippen molar-refractivity contribution in [3.05, 3.63) is 66.5 Å². The fourth-order valence-corrected chi connectivity index (χ4v) is 4.02. The first-order valence-corrected chi connectivity index (χ1v) is 9.71. The van der Waals surface area contributed by atoms with Gasteiger partial charge in [0.05, 0.1) is 18.8 Å². The van der Waals surface area contributed by atoms with Gasteiger partial charge in [-0.25, -0.2) is 0 Å². The Labute approximate surface area is 166 Å². The summed E-state index contributed by atoms with van der Waals surface area (Å²) in [4.78, 5) is 4.80. The second kappa shape index (κ2) is 8.44. The van der Waals surface area contributed by atoms with E-state index in [2.05, 4.69) is 28.0 Å². The standard InChI is InChI=1S/C22H27N3O3/c1-26-20-8-7-18(23)15-19(20)24-9-11-25(12-10-24)22(17-5-3-2-4-6-17)21-16-27-13-14-28-21/h2-3,5,7-8,13-16,22H,4,6,9-12,23H2,1H3. The van der Waals surface area contributed by atoms with E-state index in [1.807, 2.05) is 18.2 Å². The molecule has 1 unspecified atom stereocenters. The normalized spacial score (nSPS) is 20.7. The summed E-state index contributed by atoms with van der Waals surface area (Å²) >= 11 is 0. The largest absolute Gasteiger partial charge is 0.495 e. The molecule has 1 atom stereocenters. The highest BCUT2D eigenvalue weighted by molar-refractivity contribution is 5.65. The molecule has 148 valence electrons. The minimum Gasteiger partial charge on any atom is -0.495 e. The van der Waals surface area contributed by atoms with Gasteiger partial charge in [0.25, 0.3) is 0 Å². The van der Waals surface area contributed by atoms with Crippen molar-refractivity contribution in [1.82, 2.24) is 4.90 Å². The molecule has 2 heterocycles. The van der Waals surface area contributed by atoms with Gasteiger partial charge < -0.3 is 24.8 Å². The quantitative estimate of drug-likeness (QED) is 0.789. The lowest BCUT2D eigenvalue weighted by molar-refractivity contribution is 0.153. The molecule has 0 saturated carbocycles. The zero-order chi connectivity index (χ0) is 19.3. The Morgan fingerprint density at radius 3 is 2.68 bits per heavy atom. The summed E-state index contributed by atoms with van der Waals surface area (Å²) in [6, 6.07) is 5.90. The fourth-order valence-electron chi connectivity index (χ4n) is 4.02. The molecule has 1 aliphatic carbocycles. The second-order valence-electron chi connectivity index (χ2n) is 7.11. The summed E-state index contributed by atoms with van der Waals surface area (Å²) in [6.45, 7) is 3.61. The smallest absolute Gasteiger partial charge is 0.160 e. The third-order valence-corrected chi connectivity index (χ3v) is 5.41. The molecule has 1 aromatic rings. The molecule has 0 spiro atoms. The number of piperazine rings is 1. The first kappa shape index (κ1) is 18.5. The third-order valence-electron chi connectivity index (χ3n) is 5.41. The van der Waals surface area contributed by atoms with Gasteiger partial charge in [0.15, 0.2) is 5.76 Å². The van der Waals surface area contributed by atoms with Crippen LogP contribution in [-0.2, 0) is 9.47 Å². The molecule has 2 N–H and O–H groups in total. The average molecular weight is 381 g/mol. The molecule has 1 saturated heterocycles. The Morgan fingerprint density at radius 2 is 2.00 bits per heavy atom. The SMILES string of the molecule is COc1ccc(N)cc1N1CCN(C(C2=CC=CCC2)C2=COC=CO2)CC1. The van der Waals surface area contributed by atoms with Gasteiger partial charge in [-0.15, -0.1) is 0 Å². The molecule has 28 heavy (non-hydrogen) atoms. The van der Waals surface area contributed by atoms with E-state index in [1.165, 1.54) is 5.57 Å². The molecule has 6 nitrogen and oxygen atoms in total. The number of methoxy groups -OCH3 is 1. The number of rotatable bonds is 5. The summed E-state index contributed by atoms with van der Waals surface area (Å²) in [6.07, 6.45) is 13.5. The van der Waals surface area contributed by atoms with Gasteiger partial charge in [-0.2, -0.15) is 0 Å². The van der Waals surface area contributed by atoms with Crippen molar-refractivity contribution < 1.29 is 14.2 Å². The minimum atomic E-state index is 0.0970. The van der Waals surface area contributed by atoms with Gasteiger partial charge >= 0.3 is 0 Å². The highest BCUT2D eigenvalue weighted by atomic mass is 16.5. The highest BCUT2D eigenvalue weighted by Gasteiger charge is 2.32. The predicted molar refractivity (Wildman–Crippen MR) is 111 cm³/mol. The summed E-state index contributed by atoms with van der Waals surface area (Å²) in [5.74, 6) is 1.70. The number of nitrogens with zero attached hydrogens (tertiary/aromatic N) is 2. The number of allylic oxidation sites excluding steroid dienone is 3. The molecule has 0 radical (unpaired) electrons. The lowest BCUT2D eigenvalue weighted by Crippen LogP contribution is -2.52. The van der Waals surface area contributed by atoms with E-state index < -0.39 is 0 Å². The maximum absolute atomic E-state index is 6.01. The third kappa shape index (κ3) is 3.87. The van der Waals surface area contributed by atoms with Crippen molar-refractivity contribution >= 4 is 11.4 Å². The van der Waals surface area contributed by atoms with Crippen molar-refractivity contribution in [2.45, 2.75) is 18.9 Å². The number of nitrogen functional groups attached to an aromatic ring is 1. The number of ether oxygens (including phenoxy) is 3. The van der Waals surface area contributed by atoms with Crippen LogP contribution in [0, 0.1) is 0 Å². The Kier molecular flexibility index (Phi) is 5.58. The molecule has 6 heteroatoms. The number of benzene rings is 1. The second-order valence-corrected chi connectivity index (χ2v) is 7.11. The fraction of sp³-hybridized carbons (Fsp3) is 0.364. The lowest BCUT2D eigenvalue weighted by Gasteiger charge is -2.41. The molecule has 2 aliphatic heterocycles. The molecular formula is C22H27N3O3. The zero-order valence-electron chi connectivity index (χ0n) is 16.2. The van der Waals surface area contributed by atoms with Crippen molar-refractivity contribution in [3.8, 4) is 5.75 Å². The van der Waals surface area contributed by atoms with Crippen LogP contribution in [-0.4, -0.2) is 44.2 Å². The Balaban J connectivity index is 1.52. The Morgan fingerprint density at radius 1 is 1.14 bits per heavy atom. The van der Waals surface area contributed by atoms with Crippen molar-refractivity contribution in [2.75, 3.05) is 43.9 Å². The highest BCUT2D eigenvalue weighted by Crippen LogP contribution is 2.33. The molecule has 4 rings (SSSR count). The minimum absolute atomic E-state index is 0.0970. The van der Waals surface area contributed by atoms with Crippen LogP contribution in [0.2, 0.25) is 0 Å². The first-order valence-electron chi connectivity index (χ1n) is 9.71.